The molecule has 13 heavy (non-hydrogen) atoms. The van der Waals surface area contributed by atoms with Crippen LogP contribution in [0.5, 0.6) is 0 Å². The average Bonchev–Trinajstić information content (AvgIpc) is 2.29. The molecule has 0 aliphatic carbocycles. The lowest BCUT2D eigenvalue weighted by Gasteiger charge is -1.87. The first-order valence-corrected chi connectivity index (χ1v) is 3.94. The zero-order valence-electron chi connectivity index (χ0n) is 7.84. The van der Waals surface area contributed by atoms with E-state index in [-0.39, 0.29) is 12.4 Å². The fourth-order valence-electron chi connectivity index (χ4n) is 1.36. The molecule has 0 radical (unpaired) electrons. The van der Waals surface area contributed by atoms with Gasteiger partial charge in [-0.05, 0) is 16.5 Å². The first-order chi connectivity index (χ1) is 5.66. The maximum Gasteiger partial charge on any atom is 0.366 e. The minimum absolute atomic E-state index is 0. The Morgan fingerprint density at radius 2 is 1.92 bits per heavy atom. The molecule has 0 bridgehead atoms. The first kappa shape index (κ1) is 9.99. The number of fused-ring (bicyclic) bond motifs is 1. The zero-order chi connectivity index (χ0) is 8.72. The second-order valence-electron chi connectivity index (χ2n) is 3.04. The van der Waals surface area contributed by atoms with Crippen molar-refractivity contribution >= 4 is 5.65 Å². The maximum absolute atomic E-state index is 5.41. The van der Waals surface area contributed by atoms with Crippen LogP contribution >= 0.6 is 0 Å². The van der Waals surface area contributed by atoms with Crippen molar-refractivity contribution in [1.82, 2.24) is 4.98 Å². The van der Waals surface area contributed by atoms with Crippen molar-refractivity contribution in [3.63, 3.8) is 0 Å². The number of halogens is 1. The monoisotopic (exact) mass is 198 g/mol. The van der Waals surface area contributed by atoms with Crippen LogP contribution < -0.4 is 17.0 Å². The highest BCUT2D eigenvalue weighted by Gasteiger charge is 2.13. The summed E-state index contributed by atoms with van der Waals surface area (Å²) in [6.45, 7) is 5.91. The molecule has 0 saturated heterocycles. The Labute approximate surface area is 82.8 Å². The number of aromatic nitrogens is 2. The van der Waals surface area contributed by atoms with Gasteiger partial charge >= 0.3 is 5.65 Å². The van der Waals surface area contributed by atoms with Crippen molar-refractivity contribution in [3.05, 3.63) is 29.3 Å². The van der Waals surface area contributed by atoms with Crippen molar-refractivity contribution < 1.29 is 21.5 Å². The number of hydrogen-bond donors (Lipinski definition) is 0. The van der Waals surface area contributed by atoms with Gasteiger partial charge in [-0.15, -0.1) is 0 Å². The Hall–Kier alpha value is -1.09. The highest BCUT2D eigenvalue weighted by Crippen LogP contribution is 2.03. The molecule has 2 heterocycles. The van der Waals surface area contributed by atoms with Crippen LogP contribution in [0.4, 0.5) is 0 Å². The summed E-state index contributed by atoms with van der Waals surface area (Å²) >= 11 is 0. The van der Waals surface area contributed by atoms with Gasteiger partial charge in [0.25, 0.3) is 0 Å². The largest absolute Gasteiger partial charge is 1.00 e. The summed E-state index contributed by atoms with van der Waals surface area (Å²) in [7, 11) is 0. The van der Waals surface area contributed by atoms with Gasteiger partial charge in [0.1, 0.15) is 0 Å². The molecular formula is C9H11ClN2O. The summed E-state index contributed by atoms with van der Waals surface area (Å²) in [5.74, 6) is 0.885. The van der Waals surface area contributed by atoms with E-state index >= 15 is 0 Å². The molecule has 0 spiro atoms. The molecule has 0 fully saturated rings. The van der Waals surface area contributed by atoms with Crippen LogP contribution in [-0.4, -0.2) is 4.98 Å². The number of nitrogens with zero attached hydrogens (tertiary/aromatic N) is 2. The molecule has 0 aliphatic rings. The number of hydrogen-bond acceptors (Lipinski definition) is 2. The standard InChI is InChI=1S/C9H11N2O.ClH/c1-6-4-7(2)11-9(10-6)5-8(3)12-11;/h4-5H,1-3H3;1H/q+1;/p-1. The summed E-state index contributed by atoms with van der Waals surface area (Å²) in [6.07, 6.45) is 0. The van der Waals surface area contributed by atoms with Crippen molar-refractivity contribution in [2.75, 3.05) is 0 Å². The van der Waals surface area contributed by atoms with E-state index in [1.54, 1.807) is 4.57 Å². The van der Waals surface area contributed by atoms with Crippen LogP contribution in [0, 0.1) is 20.8 Å². The summed E-state index contributed by atoms with van der Waals surface area (Å²) in [4.78, 5) is 4.33. The molecule has 70 valence electrons. The fraction of sp³-hybridized carbons (Fsp3) is 0.333. The molecule has 2 aromatic heterocycles. The predicted molar refractivity (Wildman–Crippen MR) is 43.9 cm³/mol. The van der Waals surface area contributed by atoms with Crippen LogP contribution in [0.2, 0.25) is 0 Å². The lowest BCUT2D eigenvalue weighted by molar-refractivity contribution is -0.725. The molecule has 3 nitrogen and oxygen atoms in total. The van der Waals surface area contributed by atoms with E-state index in [4.69, 9.17) is 4.52 Å². The summed E-state index contributed by atoms with van der Waals surface area (Å²) in [5, 5.41) is 0. The highest BCUT2D eigenvalue weighted by molar-refractivity contribution is 5.30. The summed E-state index contributed by atoms with van der Waals surface area (Å²) in [6, 6.07) is 3.93. The summed E-state index contributed by atoms with van der Waals surface area (Å²) < 4.78 is 7.15. The van der Waals surface area contributed by atoms with Gasteiger partial charge in [-0.3, -0.25) is 0 Å². The van der Waals surface area contributed by atoms with Gasteiger partial charge in [0.2, 0.25) is 0 Å². The Bertz CT molecular complexity index is 436. The normalized spacial score (nSPS) is 10.1. The lowest BCUT2D eigenvalue weighted by atomic mass is 10.3. The Morgan fingerprint density at radius 1 is 1.23 bits per heavy atom. The van der Waals surface area contributed by atoms with Crippen molar-refractivity contribution in [2.45, 2.75) is 20.8 Å². The molecule has 2 rings (SSSR count). The van der Waals surface area contributed by atoms with Crippen molar-refractivity contribution in [1.29, 1.82) is 0 Å². The SMILES string of the molecule is Cc1cc(C)[n+]2oc(C)cc2n1.[Cl-]. The Morgan fingerprint density at radius 3 is 2.62 bits per heavy atom. The fourth-order valence-corrected chi connectivity index (χ4v) is 1.36. The average molecular weight is 199 g/mol. The van der Waals surface area contributed by atoms with Crippen LogP contribution in [0.1, 0.15) is 17.1 Å². The van der Waals surface area contributed by atoms with Crippen molar-refractivity contribution in [2.24, 2.45) is 0 Å². The topological polar surface area (TPSA) is 30.1 Å². The van der Waals surface area contributed by atoms with Gasteiger partial charge in [0, 0.05) is 19.9 Å². The molecule has 0 aromatic carbocycles. The third-order valence-corrected chi connectivity index (χ3v) is 1.80. The van der Waals surface area contributed by atoms with E-state index in [0.717, 1.165) is 22.8 Å². The lowest BCUT2D eigenvalue weighted by Crippen LogP contribution is -3.00. The molecule has 0 saturated carbocycles. The van der Waals surface area contributed by atoms with Gasteiger partial charge in [-0.25, -0.2) is 0 Å². The van der Waals surface area contributed by atoms with E-state index in [9.17, 15) is 0 Å². The zero-order valence-corrected chi connectivity index (χ0v) is 8.59. The minimum atomic E-state index is 0. The highest BCUT2D eigenvalue weighted by atomic mass is 35.5. The quantitative estimate of drug-likeness (QED) is 0.475. The molecular weight excluding hydrogens is 188 g/mol. The first-order valence-electron chi connectivity index (χ1n) is 3.94. The maximum atomic E-state index is 5.41. The third-order valence-electron chi connectivity index (χ3n) is 1.80. The number of rotatable bonds is 0. The number of aryl methyl sites for hydroxylation is 3. The Balaban J connectivity index is 0.000000845. The van der Waals surface area contributed by atoms with E-state index in [0.29, 0.717) is 0 Å². The van der Waals surface area contributed by atoms with E-state index in [1.165, 1.54) is 0 Å². The molecule has 0 amide bonds. The third kappa shape index (κ3) is 1.65. The molecule has 0 aliphatic heterocycles. The van der Waals surface area contributed by atoms with Crippen LogP contribution in [0.25, 0.3) is 5.65 Å². The second kappa shape index (κ2) is 3.34. The molecule has 0 atom stereocenters. The van der Waals surface area contributed by atoms with E-state index in [2.05, 4.69) is 4.98 Å². The molecule has 2 aromatic rings. The smallest absolute Gasteiger partial charge is 0.366 e. The van der Waals surface area contributed by atoms with Gasteiger partial charge in [0.05, 0.1) is 6.07 Å². The van der Waals surface area contributed by atoms with Crippen LogP contribution in [0.3, 0.4) is 0 Å². The van der Waals surface area contributed by atoms with Crippen LogP contribution in [0.15, 0.2) is 16.7 Å². The minimum Gasteiger partial charge on any atom is -1.00 e. The van der Waals surface area contributed by atoms with Crippen LogP contribution in [-0.2, 0) is 0 Å². The summed E-state index contributed by atoms with van der Waals surface area (Å²) in [5.41, 5.74) is 2.98. The molecule has 4 heteroatoms. The van der Waals surface area contributed by atoms with Gasteiger partial charge < -0.3 is 16.9 Å². The Kier molecular flexibility index (Phi) is 2.57. The second-order valence-corrected chi connectivity index (χ2v) is 3.04. The van der Waals surface area contributed by atoms with E-state index in [1.807, 2.05) is 32.9 Å². The molecule has 0 unspecified atom stereocenters. The molecule has 0 N–H and O–H groups in total. The van der Waals surface area contributed by atoms with Gasteiger partial charge in [0.15, 0.2) is 17.1 Å². The predicted octanol–water partition coefficient (Wildman–Crippen LogP) is -1.66. The van der Waals surface area contributed by atoms with E-state index < -0.39 is 0 Å². The van der Waals surface area contributed by atoms with Gasteiger partial charge in [-0.2, -0.15) is 0 Å². The van der Waals surface area contributed by atoms with Crippen molar-refractivity contribution in [3.8, 4) is 0 Å². The van der Waals surface area contributed by atoms with Gasteiger partial charge in [-0.1, -0.05) is 0 Å².